The minimum Gasteiger partial charge on any atom is -0.415 e. The molecular formula is C20H14ClF3N4O. The lowest BCUT2D eigenvalue weighted by atomic mass is 10.1. The number of anilines is 1. The molecule has 29 heavy (non-hydrogen) atoms. The van der Waals surface area contributed by atoms with Crippen LogP contribution >= 0.6 is 11.6 Å². The molecule has 3 rings (SSSR count). The van der Waals surface area contributed by atoms with Crippen LogP contribution in [-0.4, -0.2) is 10.2 Å². The van der Waals surface area contributed by atoms with E-state index >= 15 is 0 Å². The van der Waals surface area contributed by atoms with Gasteiger partial charge in [0.15, 0.2) is 0 Å². The highest BCUT2D eigenvalue weighted by Gasteiger charge is 2.30. The first-order valence-electron chi connectivity index (χ1n) is 8.38. The molecular weight excluding hydrogens is 405 g/mol. The molecule has 0 spiro atoms. The summed E-state index contributed by atoms with van der Waals surface area (Å²) in [6.07, 6.45) is -2.71. The van der Waals surface area contributed by atoms with Gasteiger partial charge in [-0.05, 0) is 55.8 Å². The van der Waals surface area contributed by atoms with Crippen LogP contribution in [0, 0.1) is 18.3 Å². The summed E-state index contributed by atoms with van der Waals surface area (Å²) in [6, 6.07) is 9.76. The second kappa shape index (κ2) is 7.97. The van der Waals surface area contributed by atoms with E-state index in [0.717, 1.165) is 12.1 Å². The van der Waals surface area contributed by atoms with Crippen molar-refractivity contribution < 1.29 is 17.6 Å². The van der Waals surface area contributed by atoms with E-state index in [-0.39, 0.29) is 11.8 Å². The normalized spacial score (nSPS) is 12.0. The Hall–Kier alpha value is -3.31. The molecule has 9 heteroatoms. The van der Waals surface area contributed by atoms with Crippen LogP contribution in [0.3, 0.4) is 0 Å². The molecule has 0 aliphatic rings. The van der Waals surface area contributed by atoms with E-state index in [0.29, 0.717) is 33.1 Å². The number of hydrogen-bond donors (Lipinski definition) is 1. The number of halogens is 4. The van der Waals surface area contributed by atoms with E-state index in [1.807, 2.05) is 6.07 Å². The maximum atomic E-state index is 12.7. The second-order valence-corrected chi connectivity index (χ2v) is 6.40. The summed E-state index contributed by atoms with van der Waals surface area (Å²) in [5.74, 6) is 0.242. The molecule has 1 aromatic heterocycles. The molecule has 0 saturated carbocycles. The molecule has 0 aliphatic heterocycles. The van der Waals surface area contributed by atoms with Gasteiger partial charge in [-0.25, -0.2) is 0 Å². The molecule has 0 unspecified atom stereocenters. The monoisotopic (exact) mass is 418 g/mol. The number of hydrogen-bond acceptors (Lipinski definition) is 5. The lowest BCUT2D eigenvalue weighted by Gasteiger charge is -2.12. The lowest BCUT2D eigenvalue weighted by Crippen LogP contribution is -2.03. The van der Waals surface area contributed by atoms with Crippen molar-refractivity contribution in [1.82, 2.24) is 10.2 Å². The first kappa shape index (κ1) is 20.4. The Labute approximate surface area is 169 Å². The van der Waals surface area contributed by atoms with Crippen molar-refractivity contribution in [3.05, 3.63) is 70.1 Å². The van der Waals surface area contributed by atoms with Crippen molar-refractivity contribution >= 4 is 23.0 Å². The average Bonchev–Trinajstić information content (AvgIpc) is 3.18. The minimum atomic E-state index is -4.42. The Bertz CT molecular complexity index is 1110. The third-order valence-corrected chi connectivity index (χ3v) is 4.67. The van der Waals surface area contributed by atoms with E-state index in [4.69, 9.17) is 21.3 Å². The largest absolute Gasteiger partial charge is 0.416 e. The van der Waals surface area contributed by atoms with Crippen LogP contribution in [0.15, 0.2) is 46.9 Å². The summed E-state index contributed by atoms with van der Waals surface area (Å²) >= 11 is 6.19. The van der Waals surface area contributed by atoms with E-state index in [1.54, 1.807) is 32.1 Å². The van der Waals surface area contributed by atoms with Gasteiger partial charge in [0, 0.05) is 11.3 Å². The molecule has 5 nitrogen and oxygen atoms in total. The van der Waals surface area contributed by atoms with Crippen LogP contribution in [0.2, 0.25) is 5.02 Å². The Morgan fingerprint density at radius 3 is 2.45 bits per heavy atom. The lowest BCUT2D eigenvalue weighted by molar-refractivity contribution is -0.137. The van der Waals surface area contributed by atoms with Gasteiger partial charge in [0.25, 0.3) is 5.89 Å². The van der Waals surface area contributed by atoms with Gasteiger partial charge in [-0.1, -0.05) is 17.7 Å². The highest BCUT2D eigenvalue weighted by atomic mass is 35.5. The SMILES string of the molecule is C/C=C(/Nc1ccc(C#N)c(Cl)c1C)c1nnc(-c2ccc(C(F)(F)F)cc2)o1. The maximum Gasteiger partial charge on any atom is 0.416 e. The van der Waals surface area contributed by atoms with Crippen LogP contribution in [0.4, 0.5) is 18.9 Å². The van der Waals surface area contributed by atoms with Gasteiger partial charge in [0.1, 0.15) is 6.07 Å². The molecule has 0 atom stereocenters. The molecule has 0 radical (unpaired) electrons. The van der Waals surface area contributed by atoms with Crippen LogP contribution in [0.25, 0.3) is 17.2 Å². The van der Waals surface area contributed by atoms with Gasteiger partial charge in [-0.3, -0.25) is 0 Å². The molecule has 1 N–H and O–H groups in total. The average molecular weight is 419 g/mol. The van der Waals surface area contributed by atoms with E-state index in [2.05, 4.69) is 15.5 Å². The summed E-state index contributed by atoms with van der Waals surface area (Å²) in [5, 5.41) is 20.4. The highest BCUT2D eigenvalue weighted by molar-refractivity contribution is 6.32. The number of nitriles is 1. The van der Waals surface area contributed by atoms with E-state index in [1.165, 1.54) is 12.1 Å². The third-order valence-electron chi connectivity index (χ3n) is 4.18. The van der Waals surface area contributed by atoms with Crippen molar-refractivity contribution in [2.45, 2.75) is 20.0 Å². The standard InChI is InChI=1S/C20H14ClF3N4O/c1-3-15(26-16-9-6-13(10-25)17(21)11(16)2)19-28-27-18(29-19)12-4-7-14(8-5-12)20(22,23)24/h3-9,26H,1-2H3/b15-3+. The number of alkyl halides is 3. The summed E-state index contributed by atoms with van der Waals surface area (Å²) in [5.41, 5.74) is 1.78. The molecule has 0 aliphatic carbocycles. The zero-order chi connectivity index (χ0) is 21.2. The van der Waals surface area contributed by atoms with Crippen molar-refractivity contribution in [3.8, 4) is 17.5 Å². The quantitative estimate of drug-likeness (QED) is 0.557. The van der Waals surface area contributed by atoms with E-state index in [9.17, 15) is 13.2 Å². The summed E-state index contributed by atoms with van der Waals surface area (Å²) < 4.78 is 43.7. The van der Waals surface area contributed by atoms with Gasteiger partial charge >= 0.3 is 6.18 Å². The Morgan fingerprint density at radius 2 is 1.86 bits per heavy atom. The first-order valence-corrected chi connectivity index (χ1v) is 8.76. The van der Waals surface area contributed by atoms with Gasteiger partial charge in [0.05, 0.1) is 21.8 Å². The molecule has 148 valence electrons. The van der Waals surface area contributed by atoms with Crippen molar-refractivity contribution in [2.75, 3.05) is 5.32 Å². The number of aromatic nitrogens is 2. The molecule has 0 bridgehead atoms. The Balaban J connectivity index is 1.85. The predicted molar refractivity (Wildman–Crippen MR) is 103 cm³/mol. The molecule has 0 fully saturated rings. The van der Waals surface area contributed by atoms with Gasteiger partial charge in [0.2, 0.25) is 5.89 Å². The van der Waals surface area contributed by atoms with Crippen LogP contribution < -0.4 is 5.32 Å². The summed E-state index contributed by atoms with van der Waals surface area (Å²) in [7, 11) is 0. The first-order chi connectivity index (χ1) is 13.7. The minimum absolute atomic E-state index is 0.0875. The van der Waals surface area contributed by atoms with Crippen LogP contribution in [0.1, 0.15) is 29.5 Å². The topological polar surface area (TPSA) is 74.7 Å². The molecule has 2 aromatic carbocycles. The van der Waals surface area contributed by atoms with Crippen molar-refractivity contribution in [1.29, 1.82) is 5.26 Å². The number of benzene rings is 2. The molecule has 0 saturated heterocycles. The van der Waals surface area contributed by atoms with Gasteiger partial charge in [-0.15, -0.1) is 10.2 Å². The third kappa shape index (κ3) is 4.25. The Morgan fingerprint density at radius 1 is 1.17 bits per heavy atom. The van der Waals surface area contributed by atoms with Crippen molar-refractivity contribution in [3.63, 3.8) is 0 Å². The maximum absolute atomic E-state index is 12.7. The number of nitrogens with zero attached hydrogens (tertiary/aromatic N) is 3. The van der Waals surface area contributed by atoms with Gasteiger partial charge in [-0.2, -0.15) is 18.4 Å². The number of rotatable bonds is 4. The highest BCUT2D eigenvalue weighted by Crippen LogP contribution is 2.32. The summed E-state index contributed by atoms with van der Waals surface area (Å²) in [6.45, 7) is 3.52. The Kier molecular flexibility index (Phi) is 5.62. The van der Waals surface area contributed by atoms with Crippen LogP contribution in [-0.2, 0) is 6.18 Å². The smallest absolute Gasteiger partial charge is 0.415 e. The molecule has 1 heterocycles. The van der Waals surface area contributed by atoms with Crippen LogP contribution in [0.5, 0.6) is 0 Å². The van der Waals surface area contributed by atoms with E-state index < -0.39 is 11.7 Å². The fraction of sp³-hybridized carbons (Fsp3) is 0.150. The van der Waals surface area contributed by atoms with Crippen molar-refractivity contribution in [2.24, 2.45) is 0 Å². The second-order valence-electron chi connectivity index (χ2n) is 6.03. The predicted octanol–water partition coefficient (Wildman–Crippen LogP) is 6.06. The molecule has 3 aromatic rings. The zero-order valence-electron chi connectivity index (χ0n) is 15.3. The number of allylic oxidation sites excluding steroid dienone is 1. The zero-order valence-corrected chi connectivity index (χ0v) is 16.1. The number of nitrogens with one attached hydrogen (secondary N) is 1. The van der Waals surface area contributed by atoms with Gasteiger partial charge < -0.3 is 9.73 Å². The fourth-order valence-electron chi connectivity index (χ4n) is 2.55. The molecule has 0 amide bonds. The summed E-state index contributed by atoms with van der Waals surface area (Å²) in [4.78, 5) is 0. The fourth-order valence-corrected chi connectivity index (χ4v) is 2.76.